The molecule has 0 spiro atoms. The van der Waals surface area contributed by atoms with E-state index in [0.29, 0.717) is 0 Å². The molecule has 3 nitrogen and oxygen atoms in total. The lowest BCUT2D eigenvalue weighted by Crippen LogP contribution is -1.86. The summed E-state index contributed by atoms with van der Waals surface area (Å²) in [5.74, 6) is 0. The van der Waals surface area contributed by atoms with Crippen LogP contribution in [0.2, 0.25) is 0 Å². The molecule has 0 radical (unpaired) electrons. The number of rotatable bonds is 2. The zero-order valence-electron chi connectivity index (χ0n) is 7.37. The minimum Gasteiger partial charge on any atom is -0.390 e. The Bertz CT molecular complexity index is 422. The predicted octanol–water partition coefficient (Wildman–Crippen LogP) is 2.33. The number of aliphatic hydroxyl groups excluding tert-OH is 1. The number of aliphatic hydroxyl groups is 1. The maximum atomic E-state index is 9.04. The van der Waals surface area contributed by atoms with Gasteiger partial charge in [-0.15, -0.1) is 0 Å². The zero-order valence-corrected chi connectivity index (χ0v) is 8.95. The molecule has 72 valence electrons. The van der Waals surface area contributed by atoms with Crippen molar-refractivity contribution in [1.29, 1.82) is 0 Å². The second-order valence-electron chi connectivity index (χ2n) is 2.93. The Morgan fingerprint density at radius 3 is 2.64 bits per heavy atom. The molecule has 14 heavy (non-hydrogen) atoms. The van der Waals surface area contributed by atoms with Crippen molar-refractivity contribution >= 4 is 15.9 Å². The number of hydrogen-bond donors (Lipinski definition) is 2. The number of nitrogens with one attached hydrogen (secondary N) is 1. The lowest BCUT2D eigenvalue weighted by Gasteiger charge is -2.00. The maximum absolute atomic E-state index is 9.04. The number of aromatic nitrogens is 2. The Balaban J connectivity index is 2.44. The molecule has 0 saturated carbocycles. The third kappa shape index (κ3) is 1.71. The van der Waals surface area contributed by atoms with E-state index in [1.807, 2.05) is 24.3 Å². The SMILES string of the molecule is OCc1[nH]ncc1-c1ccc(Br)cc1. The number of aromatic amines is 1. The van der Waals surface area contributed by atoms with Gasteiger partial charge in [0.15, 0.2) is 0 Å². The molecule has 2 N–H and O–H groups in total. The smallest absolute Gasteiger partial charge is 0.0853 e. The zero-order chi connectivity index (χ0) is 9.97. The maximum Gasteiger partial charge on any atom is 0.0853 e. The second-order valence-corrected chi connectivity index (χ2v) is 3.84. The van der Waals surface area contributed by atoms with Gasteiger partial charge in [-0.05, 0) is 17.7 Å². The van der Waals surface area contributed by atoms with E-state index in [4.69, 9.17) is 5.11 Å². The van der Waals surface area contributed by atoms with Crippen molar-refractivity contribution in [3.63, 3.8) is 0 Å². The van der Waals surface area contributed by atoms with Crippen molar-refractivity contribution in [3.8, 4) is 11.1 Å². The van der Waals surface area contributed by atoms with E-state index in [1.165, 1.54) is 0 Å². The van der Waals surface area contributed by atoms with Gasteiger partial charge >= 0.3 is 0 Å². The lowest BCUT2D eigenvalue weighted by molar-refractivity contribution is 0.277. The van der Waals surface area contributed by atoms with Gasteiger partial charge in [-0.2, -0.15) is 5.10 Å². The number of benzene rings is 1. The van der Waals surface area contributed by atoms with Gasteiger partial charge in [0.05, 0.1) is 18.5 Å². The van der Waals surface area contributed by atoms with Crippen LogP contribution in [0.4, 0.5) is 0 Å². The summed E-state index contributed by atoms with van der Waals surface area (Å²) in [5.41, 5.74) is 2.73. The van der Waals surface area contributed by atoms with E-state index in [-0.39, 0.29) is 6.61 Å². The molecule has 0 amide bonds. The molecule has 1 heterocycles. The minimum atomic E-state index is -0.0224. The molecule has 1 aromatic carbocycles. The first-order valence-electron chi connectivity index (χ1n) is 4.20. The highest BCUT2D eigenvalue weighted by Crippen LogP contribution is 2.23. The molecule has 4 heteroatoms. The monoisotopic (exact) mass is 252 g/mol. The third-order valence-electron chi connectivity index (χ3n) is 2.03. The van der Waals surface area contributed by atoms with E-state index in [2.05, 4.69) is 26.1 Å². The Labute approximate surface area is 89.9 Å². The molecule has 2 rings (SSSR count). The van der Waals surface area contributed by atoms with Crippen molar-refractivity contribution in [1.82, 2.24) is 10.2 Å². The quantitative estimate of drug-likeness (QED) is 0.862. The molecule has 1 aromatic heterocycles. The van der Waals surface area contributed by atoms with Crippen molar-refractivity contribution in [2.45, 2.75) is 6.61 Å². The Kier molecular flexibility index (Phi) is 2.65. The topological polar surface area (TPSA) is 48.9 Å². The Morgan fingerprint density at radius 2 is 2.00 bits per heavy atom. The summed E-state index contributed by atoms with van der Waals surface area (Å²) >= 11 is 3.37. The van der Waals surface area contributed by atoms with E-state index in [1.54, 1.807) is 6.20 Å². The number of nitrogens with zero attached hydrogens (tertiary/aromatic N) is 1. The van der Waals surface area contributed by atoms with Crippen molar-refractivity contribution in [2.24, 2.45) is 0 Å². The molecule has 0 aliphatic heterocycles. The number of halogens is 1. The fraction of sp³-hybridized carbons (Fsp3) is 0.100. The molecule has 0 atom stereocenters. The molecule has 2 aromatic rings. The highest BCUT2D eigenvalue weighted by molar-refractivity contribution is 9.10. The van der Waals surface area contributed by atoms with Gasteiger partial charge in [-0.1, -0.05) is 28.1 Å². The molecule has 0 fully saturated rings. The summed E-state index contributed by atoms with van der Waals surface area (Å²) in [5, 5.41) is 15.7. The first-order chi connectivity index (χ1) is 6.81. The number of H-pyrrole nitrogens is 1. The highest BCUT2D eigenvalue weighted by Gasteiger charge is 2.05. The summed E-state index contributed by atoms with van der Waals surface area (Å²) in [6.45, 7) is -0.0224. The van der Waals surface area contributed by atoms with Crippen LogP contribution in [0.3, 0.4) is 0 Å². The van der Waals surface area contributed by atoms with Gasteiger partial charge in [0, 0.05) is 10.0 Å². The molecule has 0 saturated heterocycles. The normalized spacial score (nSPS) is 10.4. The van der Waals surface area contributed by atoms with Gasteiger partial charge in [-0.3, -0.25) is 5.10 Å². The summed E-state index contributed by atoms with van der Waals surface area (Å²) in [6.07, 6.45) is 1.72. The van der Waals surface area contributed by atoms with Crippen LogP contribution in [0, 0.1) is 0 Å². The minimum absolute atomic E-state index is 0.0224. The summed E-state index contributed by atoms with van der Waals surface area (Å²) < 4.78 is 1.04. The van der Waals surface area contributed by atoms with E-state index in [9.17, 15) is 0 Å². The van der Waals surface area contributed by atoms with Crippen molar-refractivity contribution < 1.29 is 5.11 Å². The second kappa shape index (κ2) is 3.94. The third-order valence-corrected chi connectivity index (χ3v) is 2.56. The average Bonchev–Trinajstić information content (AvgIpc) is 2.67. The van der Waals surface area contributed by atoms with Crippen molar-refractivity contribution in [3.05, 3.63) is 40.6 Å². The van der Waals surface area contributed by atoms with E-state index < -0.39 is 0 Å². The molecule has 0 unspecified atom stereocenters. The molecule has 0 aliphatic carbocycles. The summed E-state index contributed by atoms with van der Waals surface area (Å²) in [4.78, 5) is 0. The van der Waals surface area contributed by atoms with Crippen molar-refractivity contribution in [2.75, 3.05) is 0 Å². The van der Waals surface area contributed by atoms with Crippen LogP contribution < -0.4 is 0 Å². The molecular weight excluding hydrogens is 244 g/mol. The lowest BCUT2D eigenvalue weighted by atomic mass is 10.1. The summed E-state index contributed by atoms with van der Waals surface area (Å²) in [6, 6.07) is 7.88. The largest absolute Gasteiger partial charge is 0.390 e. The first kappa shape index (κ1) is 9.43. The standard InChI is InChI=1S/C10H9BrN2O/c11-8-3-1-7(2-4-8)9-5-12-13-10(9)6-14/h1-5,14H,6H2,(H,12,13). The average molecular weight is 253 g/mol. The van der Waals surface area contributed by atoms with Crippen LogP contribution in [0.15, 0.2) is 34.9 Å². The Morgan fingerprint density at radius 1 is 1.29 bits per heavy atom. The molecule has 0 bridgehead atoms. The fourth-order valence-corrected chi connectivity index (χ4v) is 1.58. The molecule has 0 aliphatic rings. The first-order valence-corrected chi connectivity index (χ1v) is 4.99. The summed E-state index contributed by atoms with van der Waals surface area (Å²) in [7, 11) is 0. The van der Waals surface area contributed by atoms with Crippen LogP contribution in [0.25, 0.3) is 11.1 Å². The van der Waals surface area contributed by atoms with Crippen LogP contribution >= 0.6 is 15.9 Å². The predicted molar refractivity (Wildman–Crippen MR) is 57.6 cm³/mol. The van der Waals surface area contributed by atoms with Crippen LogP contribution in [0.5, 0.6) is 0 Å². The van der Waals surface area contributed by atoms with Gasteiger partial charge in [-0.25, -0.2) is 0 Å². The van der Waals surface area contributed by atoms with Crippen LogP contribution in [-0.2, 0) is 6.61 Å². The number of hydrogen-bond acceptors (Lipinski definition) is 2. The van der Waals surface area contributed by atoms with Crippen LogP contribution in [0.1, 0.15) is 5.69 Å². The van der Waals surface area contributed by atoms with E-state index >= 15 is 0 Å². The Hall–Kier alpha value is -1.13. The molecular formula is C10H9BrN2O. The highest BCUT2D eigenvalue weighted by atomic mass is 79.9. The van der Waals surface area contributed by atoms with Gasteiger partial charge in [0.1, 0.15) is 0 Å². The fourth-order valence-electron chi connectivity index (χ4n) is 1.31. The van der Waals surface area contributed by atoms with Gasteiger partial charge < -0.3 is 5.11 Å². The van der Waals surface area contributed by atoms with E-state index in [0.717, 1.165) is 21.3 Å². The van der Waals surface area contributed by atoms with Gasteiger partial charge in [0.2, 0.25) is 0 Å². The van der Waals surface area contributed by atoms with Crippen LogP contribution in [-0.4, -0.2) is 15.3 Å². The van der Waals surface area contributed by atoms with Gasteiger partial charge in [0.25, 0.3) is 0 Å².